The maximum atomic E-state index is 10.4. The topological polar surface area (TPSA) is 55.5 Å². The monoisotopic (exact) mass is 371 g/mol. The Bertz CT molecular complexity index is 880. The first-order valence-corrected chi connectivity index (χ1v) is 7.87. The number of hydrogen-bond acceptors (Lipinski definition) is 4. The molecule has 3 N–H and O–H groups in total. The van der Waals surface area contributed by atoms with Crippen LogP contribution in [-0.2, 0) is 0 Å². The Morgan fingerprint density at radius 1 is 0.960 bits per heavy atom. The summed E-state index contributed by atoms with van der Waals surface area (Å²) in [6.07, 6.45) is 0. The summed E-state index contributed by atoms with van der Waals surface area (Å²) < 4.78 is 5.16. The molecule has 0 saturated carbocycles. The SMILES string of the molecule is COc1ccc(C(=S)c2cc(-c3ccccc3)cc(N)c2O)cc1.Cl. The molecular weight excluding hydrogens is 354 g/mol. The number of nitrogen functional groups attached to an aromatic ring is 1. The lowest BCUT2D eigenvalue weighted by Gasteiger charge is -2.12. The second kappa shape index (κ2) is 8.01. The number of aromatic hydroxyl groups is 1. The molecule has 0 spiro atoms. The Morgan fingerprint density at radius 2 is 1.60 bits per heavy atom. The molecule has 0 bridgehead atoms. The summed E-state index contributed by atoms with van der Waals surface area (Å²) in [6, 6.07) is 20.9. The molecule has 3 rings (SSSR count). The van der Waals surface area contributed by atoms with Crippen LogP contribution in [0, 0.1) is 0 Å². The lowest BCUT2D eigenvalue weighted by molar-refractivity contribution is 0.415. The highest BCUT2D eigenvalue weighted by atomic mass is 35.5. The largest absolute Gasteiger partial charge is 0.505 e. The van der Waals surface area contributed by atoms with Crippen LogP contribution in [0.4, 0.5) is 5.69 Å². The molecule has 0 aliphatic carbocycles. The van der Waals surface area contributed by atoms with E-state index in [9.17, 15) is 5.11 Å². The molecular formula is C20H18ClNO2S. The van der Waals surface area contributed by atoms with E-state index in [4.69, 9.17) is 22.7 Å². The van der Waals surface area contributed by atoms with Crippen molar-refractivity contribution >= 4 is 35.2 Å². The molecule has 25 heavy (non-hydrogen) atoms. The first-order valence-electron chi connectivity index (χ1n) is 7.47. The van der Waals surface area contributed by atoms with Gasteiger partial charge in [-0.1, -0.05) is 42.5 Å². The van der Waals surface area contributed by atoms with Gasteiger partial charge in [0.2, 0.25) is 0 Å². The number of rotatable bonds is 4. The van der Waals surface area contributed by atoms with Crippen molar-refractivity contribution in [3.05, 3.63) is 77.9 Å². The molecule has 0 heterocycles. The van der Waals surface area contributed by atoms with E-state index >= 15 is 0 Å². The van der Waals surface area contributed by atoms with Crippen molar-refractivity contribution < 1.29 is 9.84 Å². The van der Waals surface area contributed by atoms with Crippen molar-refractivity contribution in [3.8, 4) is 22.6 Å². The van der Waals surface area contributed by atoms with Crippen LogP contribution in [0.15, 0.2) is 66.7 Å². The molecule has 0 aromatic heterocycles. The summed E-state index contributed by atoms with van der Waals surface area (Å²) in [5.41, 5.74) is 9.60. The van der Waals surface area contributed by atoms with Gasteiger partial charge in [-0.15, -0.1) is 12.4 Å². The molecule has 0 amide bonds. The Hall–Kier alpha value is -2.56. The van der Waals surface area contributed by atoms with Crippen LogP contribution in [0.1, 0.15) is 11.1 Å². The average molecular weight is 372 g/mol. The summed E-state index contributed by atoms with van der Waals surface area (Å²) in [6.45, 7) is 0. The van der Waals surface area contributed by atoms with Crippen LogP contribution < -0.4 is 10.5 Å². The molecule has 3 aromatic rings. The van der Waals surface area contributed by atoms with Crippen LogP contribution in [-0.4, -0.2) is 17.1 Å². The van der Waals surface area contributed by atoms with Gasteiger partial charge in [0.25, 0.3) is 0 Å². The lowest BCUT2D eigenvalue weighted by atomic mass is 9.97. The van der Waals surface area contributed by atoms with Crippen LogP contribution >= 0.6 is 24.6 Å². The van der Waals surface area contributed by atoms with Gasteiger partial charge in [0, 0.05) is 5.56 Å². The van der Waals surface area contributed by atoms with E-state index < -0.39 is 0 Å². The number of anilines is 1. The minimum Gasteiger partial charge on any atom is -0.505 e. The maximum Gasteiger partial charge on any atom is 0.147 e. The summed E-state index contributed by atoms with van der Waals surface area (Å²) in [4.78, 5) is 0.541. The van der Waals surface area contributed by atoms with Gasteiger partial charge in [0.15, 0.2) is 0 Å². The molecule has 3 aromatic carbocycles. The Labute approximate surface area is 158 Å². The molecule has 0 atom stereocenters. The highest BCUT2D eigenvalue weighted by Crippen LogP contribution is 2.33. The Morgan fingerprint density at radius 3 is 2.20 bits per heavy atom. The number of phenolic OH excluding ortho intramolecular Hbond substituents is 1. The third-order valence-corrected chi connectivity index (χ3v) is 4.30. The number of benzene rings is 3. The molecule has 0 saturated heterocycles. The molecule has 3 nitrogen and oxygen atoms in total. The Balaban J connectivity index is 0.00000225. The van der Waals surface area contributed by atoms with Crippen LogP contribution in [0.3, 0.4) is 0 Å². The van der Waals surface area contributed by atoms with E-state index in [-0.39, 0.29) is 18.2 Å². The normalized spacial score (nSPS) is 9.96. The van der Waals surface area contributed by atoms with E-state index in [1.807, 2.05) is 60.7 Å². The summed E-state index contributed by atoms with van der Waals surface area (Å²) in [7, 11) is 1.61. The first-order chi connectivity index (χ1) is 11.6. The first kappa shape index (κ1) is 18.8. The van der Waals surface area contributed by atoms with Crippen LogP contribution in [0.25, 0.3) is 11.1 Å². The highest BCUT2D eigenvalue weighted by molar-refractivity contribution is 7.81. The summed E-state index contributed by atoms with van der Waals surface area (Å²) in [5, 5.41) is 10.4. The standard InChI is InChI=1S/C20H17NO2S.ClH/c1-23-16-9-7-14(8-10-16)20(24)17-11-15(12-18(21)19(17)22)13-5-3-2-4-6-13;/h2-12,22H,21H2,1H3;1H. The molecule has 0 aliphatic rings. The third kappa shape index (κ3) is 3.92. The van der Waals surface area contributed by atoms with E-state index in [0.29, 0.717) is 16.1 Å². The predicted molar refractivity (Wildman–Crippen MR) is 109 cm³/mol. The molecule has 0 fully saturated rings. The van der Waals surface area contributed by atoms with Gasteiger partial charge >= 0.3 is 0 Å². The smallest absolute Gasteiger partial charge is 0.147 e. The quantitative estimate of drug-likeness (QED) is 0.298. The van der Waals surface area contributed by atoms with Crippen molar-refractivity contribution in [2.45, 2.75) is 0 Å². The maximum absolute atomic E-state index is 10.4. The fourth-order valence-corrected chi connectivity index (χ4v) is 2.82. The second-order valence-corrected chi connectivity index (χ2v) is 5.79. The molecule has 0 unspecified atom stereocenters. The summed E-state index contributed by atoms with van der Waals surface area (Å²) in [5.74, 6) is 0.763. The second-order valence-electron chi connectivity index (χ2n) is 5.39. The van der Waals surface area contributed by atoms with Crippen LogP contribution in [0.2, 0.25) is 0 Å². The lowest BCUT2D eigenvalue weighted by Crippen LogP contribution is -2.03. The zero-order valence-corrected chi connectivity index (χ0v) is 15.2. The number of halogens is 1. The third-order valence-electron chi connectivity index (χ3n) is 3.84. The van der Waals surface area contributed by atoms with Gasteiger partial charge in [-0.25, -0.2) is 0 Å². The minimum atomic E-state index is 0. The Kier molecular flexibility index (Phi) is 6.02. The predicted octanol–water partition coefficient (Wildman–Crippen LogP) is 4.84. The number of phenols is 1. The number of ether oxygens (including phenoxy) is 1. The molecule has 0 radical (unpaired) electrons. The van der Waals surface area contributed by atoms with Crippen molar-refractivity contribution in [2.75, 3.05) is 12.8 Å². The minimum absolute atomic E-state index is 0. The average Bonchev–Trinajstić information content (AvgIpc) is 2.64. The molecule has 128 valence electrons. The summed E-state index contributed by atoms with van der Waals surface area (Å²) >= 11 is 5.57. The van der Waals surface area contributed by atoms with Gasteiger partial charge in [0.1, 0.15) is 11.5 Å². The van der Waals surface area contributed by atoms with Crippen molar-refractivity contribution in [3.63, 3.8) is 0 Å². The fourth-order valence-electron chi connectivity index (χ4n) is 2.53. The number of nitrogens with two attached hydrogens (primary N) is 1. The van der Waals surface area contributed by atoms with Gasteiger partial charge in [0.05, 0.1) is 17.7 Å². The number of methoxy groups -OCH3 is 1. The van der Waals surface area contributed by atoms with Gasteiger partial charge in [-0.2, -0.15) is 0 Å². The van der Waals surface area contributed by atoms with E-state index in [0.717, 1.165) is 22.4 Å². The number of thiocarbonyl (C=S) groups is 1. The van der Waals surface area contributed by atoms with Gasteiger partial charge in [-0.3, -0.25) is 0 Å². The fraction of sp³-hybridized carbons (Fsp3) is 0.0500. The van der Waals surface area contributed by atoms with Gasteiger partial charge < -0.3 is 15.6 Å². The van der Waals surface area contributed by atoms with E-state index in [2.05, 4.69) is 0 Å². The zero-order valence-electron chi connectivity index (χ0n) is 13.6. The van der Waals surface area contributed by atoms with Crippen molar-refractivity contribution in [1.82, 2.24) is 0 Å². The molecule has 5 heteroatoms. The van der Waals surface area contributed by atoms with Crippen LogP contribution in [0.5, 0.6) is 11.5 Å². The molecule has 0 aliphatic heterocycles. The zero-order chi connectivity index (χ0) is 17.1. The van der Waals surface area contributed by atoms with E-state index in [1.54, 1.807) is 13.2 Å². The van der Waals surface area contributed by atoms with Crippen molar-refractivity contribution in [1.29, 1.82) is 0 Å². The van der Waals surface area contributed by atoms with E-state index in [1.165, 1.54) is 0 Å². The van der Waals surface area contributed by atoms with Gasteiger partial charge in [-0.05, 0) is 53.1 Å². The van der Waals surface area contributed by atoms with Crippen molar-refractivity contribution in [2.24, 2.45) is 0 Å². The highest BCUT2D eigenvalue weighted by Gasteiger charge is 2.14. The number of hydrogen-bond donors (Lipinski definition) is 2.